The Kier molecular flexibility index (Phi) is 24.3. The first-order valence-electron chi connectivity index (χ1n) is 0.651. The van der Waals surface area contributed by atoms with Crippen LogP contribution in [0.3, 0.4) is 0 Å². The summed E-state index contributed by atoms with van der Waals surface area (Å²) in [6, 6.07) is 0. The van der Waals surface area contributed by atoms with Crippen LogP contribution in [0.1, 0.15) is 0 Å². The van der Waals surface area contributed by atoms with E-state index in [1.165, 1.54) is 0 Å². The van der Waals surface area contributed by atoms with Crippen molar-refractivity contribution in [2.45, 2.75) is 0 Å². The molecule has 0 fully saturated rings. The summed E-state index contributed by atoms with van der Waals surface area (Å²) in [5.74, 6) is 0. The van der Waals surface area contributed by atoms with E-state index in [1.54, 1.807) is 0 Å². The minimum Gasteiger partial charge on any atom is -0.450 e. The largest absolute Gasteiger partial charge is 0.503 e. The summed E-state index contributed by atoms with van der Waals surface area (Å²) in [5, 5.41) is 13.9. The Balaban J connectivity index is -0.0000000450. The molecule has 0 aliphatic heterocycles. The quantitative estimate of drug-likeness (QED) is 0.575. The van der Waals surface area contributed by atoms with Crippen molar-refractivity contribution in [3.05, 3.63) is 0 Å². The molecule has 1 radical (unpaired) electrons. The van der Waals surface area contributed by atoms with Crippen LogP contribution in [-0.2, 0) is 38.1 Å². The van der Waals surface area contributed by atoms with Gasteiger partial charge in [0.25, 0.3) is 0 Å². The van der Waals surface area contributed by atoms with Gasteiger partial charge in [0.05, 0.1) is 0 Å². The van der Waals surface area contributed by atoms with Gasteiger partial charge in [-0.1, -0.05) is 0 Å². The normalized spacial score (nSPS) is 4.00. The third-order valence-electron chi connectivity index (χ3n) is 0. The van der Waals surface area contributed by atoms with E-state index in [1.807, 2.05) is 0 Å². The van der Waals surface area contributed by atoms with E-state index in [0.717, 1.165) is 0 Å². The van der Waals surface area contributed by atoms with Gasteiger partial charge < -0.3 is 10.2 Å². The number of hydrogen-bond acceptors (Lipinski definition) is 1. The van der Waals surface area contributed by atoms with Crippen LogP contribution in [0.5, 0.6) is 0 Å². The maximum absolute atomic E-state index is 8.56. The third kappa shape index (κ3) is 237. The third-order valence-corrected chi connectivity index (χ3v) is 0. The molecule has 0 rings (SSSR count). The molecule has 0 bridgehead atoms. The molecule has 5 heteroatoms. The topological polar surface area (TPSA) is 57.5 Å². The average molecular weight is 222 g/mol. The number of rotatable bonds is 0. The first kappa shape index (κ1) is 16.1. The Labute approximate surface area is 59.5 Å². The molecule has 2 N–H and O–H groups in total. The number of carbonyl (C=O) groups is 1. The van der Waals surface area contributed by atoms with Gasteiger partial charge in [0.1, 0.15) is 0 Å². The summed E-state index contributed by atoms with van der Waals surface area (Å²) in [4.78, 5) is 8.56. The van der Waals surface area contributed by atoms with E-state index in [-0.39, 0.29) is 38.1 Å². The summed E-state index contributed by atoms with van der Waals surface area (Å²) >= 11 is 0. The fourth-order valence-corrected chi connectivity index (χ4v) is 0. The number of hydrogen-bond donors (Lipinski definition) is 2. The van der Waals surface area contributed by atoms with E-state index in [0.29, 0.717) is 0 Å². The van der Waals surface area contributed by atoms with Crippen LogP contribution >= 0.6 is 0 Å². The first-order chi connectivity index (χ1) is 1.73. The molecule has 0 saturated carbocycles. The molecule has 6 heavy (non-hydrogen) atoms. The van der Waals surface area contributed by atoms with Gasteiger partial charge in [-0.15, -0.1) is 0 Å². The van der Waals surface area contributed by atoms with E-state index >= 15 is 0 Å². The van der Waals surface area contributed by atoms with Gasteiger partial charge in [0, 0.05) is 38.1 Å². The molecule has 0 aliphatic carbocycles. The van der Waals surface area contributed by atoms with Crippen LogP contribution in [0.2, 0.25) is 0 Å². The predicted octanol–water partition coefficient (Wildman–Crippen LogP) is 0.217. The molecule has 0 unspecified atom stereocenters. The van der Waals surface area contributed by atoms with Crippen LogP contribution < -0.4 is 0 Å². The van der Waals surface area contributed by atoms with Crippen LogP contribution in [0.4, 0.5) is 4.79 Å². The van der Waals surface area contributed by atoms with Gasteiger partial charge in [-0.05, 0) is 0 Å². The van der Waals surface area contributed by atoms with Crippen molar-refractivity contribution in [3.63, 3.8) is 0 Å². The second-order valence-electron chi connectivity index (χ2n) is 0.283. The Morgan fingerprint density at radius 3 is 1.33 bits per heavy atom. The van der Waals surface area contributed by atoms with Crippen LogP contribution in [0.25, 0.3) is 0 Å². The smallest absolute Gasteiger partial charge is 0.450 e. The minimum atomic E-state index is -1.83. The molecule has 0 amide bonds. The van der Waals surface area contributed by atoms with E-state index in [9.17, 15) is 0 Å². The Bertz CT molecular complexity index is 33.8. The van der Waals surface area contributed by atoms with Crippen molar-refractivity contribution in [1.82, 2.24) is 0 Å². The maximum Gasteiger partial charge on any atom is 0.503 e. The summed E-state index contributed by atoms with van der Waals surface area (Å²) < 4.78 is 0. The summed E-state index contributed by atoms with van der Waals surface area (Å²) in [5.41, 5.74) is 0. The second-order valence-corrected chi connectivity index (χ2v) is 0.283. The van der Waals surface area contributed by atoms with E-state index in [2.05, 4.69) is 0 Å². The predicted molar refractivity (Wildman–Crippen MR) is 10.7 cm³/mol. The Morgan fingerprint density at radius 2 is 1.33 bits per heavy atom. The van der Waals surface area contributed by atoms with Gasteiger partial charge in [-0.3, -0.25) is 0 Å². The molecular formula is CH2CuMoO3. The first-order valence-corrected chi connectivity index (χ1v) is 0.651. The molecule has 0 aromatic rings. The molecule has 0 atom stereocenters. The Morgan fingerprint density at radius 1 is 1.33 bits per heavy atom. The van der Waals surface area contributed by atoms with Gasteiger partial charge >= 0.3 is 6.16 Å². The molecule has 0 aromatic heterocycles. The monoisotopic (exact) mass is 223 g/mol. The van der Waals surface area contributed by atoms with Crippen molar-refractivity contribution in [1.29, 1.82) is 0 Å². The van der Waals surface area contributed by atoms with Gasteiger partial charge in [0.2, 0.25) is 0 Å². The second kappa shape index (κ2) is 9.08. The van der Waals surface area contributed by atoms with Gasteiger partial charge in [-0.2, -0.15) is 0 Å². The standard InChI is InChI=1S/CH2O3.Cu.Mo/c2-1(3)4;;/h(H2,2,3,4);;. The SMILES string of the molecule is O=C(O)O.[Cu].[Mo]. The van der Waals surface area contributed by atoms with Crippen LogP contribution in [-0.4, -0.2) is 16.4 Å². The van der Waals surface area contributed by atoms with Crippen molar-refractivity contribution >= 4 is 6.16 Å². The molecule has 0 aromatic carbocycles. The van der Waals surface area contributed by atoms with Crippen LogP contribution in [0, 0.1) is 0 Å². The van der Waals surface area contributed by atoms with E-state index in [4.69, 9.17) is 15.0 Å². The zero-order chi connectivity index (χ0) is 3.58. The van der Waals surface area contributed by atoms with Crippen molar-refractivity contribution in [2.24, 2.45) is 0 Å². The molecule has 0 saturated heterocycles. The van der Waals surface area contributed by atoms with Gasteiger partial charge in [-0.25, -0.2) is 4.79 Å². The fraction of sp³-hybridized carbons (Fsp3) is 0. The molecule has 0 aliphatic rings. The molecule has 41 valence electrons. The maximum atomic E-state index is 8.56. The summed E-state index contributed by atoms with van der Waals surface area (Å²) in [7, 11) is 0. The van der Waals surface area contributed by atoms with Crippen molar-refractivity contribution < 1.29 is 53.1 Å². The van der Waals surface area contributed by atoms with E-state index < -0.39 is 6.16 Å². The molecule has 0 heterocycles. The van der Waals surface area contributed by atoms with Crippen LogP contribution in [0.15, 0.2) is 0 Å². The molecule has 3 nitrogen and oxygen atoms in total. The zero-order valence-electron chi connectivity index (χ0n) is 2.51. The van der Waals surface area contributed by atoms with Crippen molar-refractivity contribution in [2.75, 3.05) is 0 Å². The molecule has 0 spiro atoms. The zero-order valence-corrected chi connectivity index (χ0v) is 5.46. The molecular weight excluding hydrogens is 219 g/mol. The average Bonchev–Trinajstić information content (AvgIpc) is 0.811. The summed E-state index contributed by atoms with van der Waals surface area (Å²) in [6.07, 6.45) is -1.83. The number of carboxylic acid groups (broad SMARTS) is 2. The summed E-state index contributed by atoms with van der Waals surface area (Å²) in [6.45, 7) is 0. The fourth-order valence-electron chi connectivity index (χ4n) is 0. The Hall–Kier alpha value is 0.478. The van der Waals surface area contributed by atoms with Gasteiger partial charge in [0.15, 0.2) is 0 Å². The van der Waals surface area contributed by atoms with Crippen molar-refractivity contribution in [3.8, 4) is 0 Å². The minimum absolute atomic E-state index is 0.